The summed E-state index contributed by atoms with van der Waals surface area (Å²) in [5.41, 5.74) is 1.69. The van der Waals surface area contributed by atoms with Gasteiger partial charge in [-0.25, -0.2) is 18.2 Å². The normalized spacial score (nSPS) is 11.7. The van der Waals surface area contributed by atoms with Crippen molar-refractivity contribution in [1.82, 2.24) is 15.5 Å². The second-order valence-electron chi connectivity index (χ2n) is 6.45. The van der Waals surface area contributed by atoms with Gasteiger partial charge >= 0.3 is 0 Å². The number of halogens is 3. The van der Waals surface area contributed by atoms with E-state index in [1.165, 1.54) is 6.07 Å². The van der Waals surface area contributed by atoms with Crippen LogP contribution >= 0.6 is 0 Å². The molecular weight excluding hydrogens is 353 g/mol. The molecule has 27 heavy (non-hydrogen) atoms. The average molecular weight is 378 g/mol. The van der Waals surface area contributed by atoms with Crippen molar-refractivity contribution in [1.29, 1.82) is 0 Å². The third kappa shape index (κ3) is 6.60. The number of hydrogen-bond acceptors (Lipinski definition) is 2. The Labute approximate surface area is 158 Å². The summed E-state index contributed by atoms with van der Waals surface area (Å²) in [6, 6.07) is 8.24. The van der Waals surface area contributed by atoms with Crippen LogP contribution in [-0.4, -0.2) is 31.5 Å². The molecule has 0 amide bonds. The van der Waals surface area contributed by atoms with Gasteiger partial charge in [0.25, 0.3) is 0 Å². The monoisotopic (exact) mass is 378 g/mol. The van der Waals surface area contributed by atoms with Crippen LogP contribution < -0.4 is 10.6 Å². The number of guanidine groups is 1. The van der Waals surface area contributed by atoms with Crippen LogP contribution in [0.5, 0.6) is 0 Å². The van der Waals surface area contributed by atoms with Crippen molar-refractivity contribution in [2.75, 3.05) is 20.6 Å². The van der Waals surface area contributed by atoms with E-state index < -0.39 is 11.6 Å². The molecule has 0 radical (unpaired) electrons. The van der Waals surface area contributed by atoms with Crippen molar-refractivity contribution in [3.05, 3.63) is 70.5 Å². The Morgan fingerprint density at radius 2 is 1.67 bits per heavy atom. The first kappa shape index (κ1) is 20.8. The van der Waals surface area contributed by atoms with E-state index in [4.69, 9.17) is 0 Å². The average Bonchev–Trinajstić information content (AvgIpc) is 2.62. The molecule has 0 bridgehead atoms. The van der Waals surface area contributed by atoms with Crippen LogP contribution in [0.1, 0.15) is 23.6 Å². The van der Waals surface area contributed by atoms with Crippen LogP contribution in [-0.2, 0) is 19.6 Å². The molecule has 0 unspecified atom stereocenters. The molecule has 0 atom stereocenters. The maximum absolute atomic E-state index is 13.9. The molecule has 0 fully saturated rings. The third-order valence-electron chi connectivity index (χ3n) is 3.81. The van der Waals surface area contributed by atoms with Gasteiger partial charge in [0, 0.05) is 30.8 Å². The first-order valence-electron chi connectivity index (χ1n) is 8.77. The van der Waals surface area contributed by atoms with Gasteiger partial charge in [-0.2, -0.15) is 0 Å². The molecule has 2 rings (SSSR count). The zero-order valence-electron chi connectivity index (χ0n) is 15.8. The standard InChI is InChI=1S/C20H25F3N4/c1-4-24-20(26-12-15-10-17(21)6-8-18(15)22)25-11-14-5-7-19(23)16(9-14)13-27(2)3/h5-10H,4,11-13H2,1-3H3,(H2,24,25,26). The van der Waals surface area contributed by atoms with E-state index in [0.29, 0.717) is 31.2 Å². The van der Waals surface area contributed by atoms with Gasteiger partial charge < -0.3 is 15.5 Å². The highest BCUT2D eigenvalue weighted by molar-refractivity contribution is 5.79. The molecule has 0 spiro atoms. The molecule has 2 N–H and O–H groups in total. The van der Waals surface area contributed by atoms with E-state index in [2.05, 4.69) is 15.6 Å². The lowest BCUT2D eigenvalue weighted by atomic mass is 10.1. The molecule has 7 heteroatoms. The number of nitrogens with zero attached hydrogens (tertiary/aromatic N) is 2. The highest BCUT2D eigenvalue weighted by atomic mass is 19.1. The molecule has 0 aliphatic carbocycles. The fourth-order valence-electron chi connectivity index (χ4n) is 2.56. The van der Waals surface area contributed by atoms with Gasteiger partial charge in [-0.3, -0.25) is 0 Å². The van der Waals surface area contributed by atoms with Gasteiger partial charge in [-0.05, 0) is 56.9 Å². The van der Waals surface area contributed by atoms with Crippen molar-refractivity contribution < 1.29 is 13.2 Å². The molecule has 2 aromatic carbocycles. The highest BCUT2D eigenvalue weighted by Crippen LogP contribution is 2.13. The lowest BCUT2D eigenvalue weighted by Crippen LogP contribution is -2.37. The predicted molar refractivity (Wildman–Crippen MR) is 102 cm³/mol. The summed E-state index contributed by atoms with van der Waals surface area (Å²) in [5, 5.41) is 6.04. The van der Waals surface area contributed by atoms with E-state index in [9.17, 15) is 13.2 Å². The molecule has 0 aliphatic heterocycles. The van der Waals surface area contributed by atoms with Crippen molar-refractivity contribution in [3.8, 4) is 0 Å². The minimum Gasteiger partial charge on any atom is -0.357 e. The Hall–Kier alpha value is -2.54. The van der Waals surface area contributed by atoms with Crippen molar-refractivity contribution in [2.24, 2.45) is 4.99 Å². The lowest BCUT2D eigenvalue weighted by molar-refractivity contribution is 0.392. The minimum atomic E-state index is -0.491. The van der Waals surface area contributed by atoms with Crippen LogP contribution in [0.3, 0.4) is 0 Å². The summed E-state index contributed by atoms with van der Waals surface area (Å²) in [6.45, 7) is 3.47. The Morgan fingerprint density at radius 3 is 2.37 bits per heavy atom. The molecule has 0 aliphatic rings. The van der Waals surface area contributed by atoms with Gasteiger partial charge in [-0.15, -0.1) is 0 Å². The Bertz CT molecular complexity index is 791. The molecule has 0 heterocycles. The Kier molecular flexibility index (Phi) is 7.67. The quantitative estimate of drug-likeness (QED) is 0.573. The number of benzene rings is 2. The highest BCUT2D eigenvalue weighted by Gasteiger charge is 2.07. The fourth-order valence-corrected chi connectivity index (χ4v) is 2.56. The van der Waals surface area contributed by atoms with Gasteiger partial charge in [0.15, 0.2) is 5.96 Å². The fraction of sp³-hybridized carbons (Fsp3) is 0.350. The smallest absolute Gasteiger partial charge is 0.191 e. The topological polar surface area (TPSA) is 39.7 Å². The summed E-state index contributed by atoms with van der Waals surface area (Å²) in [4.78, 5) is 6.34. The molecular formula is C20H25F3N4. The Morgan fingerprint density at radius 1 is 0.963 bits per heavy atom. The summed E-state index contributed by atoms with van der Waals surface area (Å²) < 4.78 is 40.9. The molecule has 0 saturated heterocycles. The van der Waals surface area contributed by atoms with Crippen molar-refractivity contribution in [3.63, 3.8) is 0 Å². The summed E-state index contributed by atoms with van der Waals surface area (Å²) in [7, 11) is 3.76. The predicted octanol–water partition coefficient (Wildman–Crippen LogP) is 3.42. The summed E-state index contributed by atoms with van der Waals surface area (Å²) in [5.74, 6) is -0.746. The number of rotatable bonds is 7. The SMILES string of the molecule is CCNC(=NCc1ccc(F)c(CN(C)C)c1)NCc1cc(F)ccc1F. The van der Waals surface area contributed by atoms with Crippen molar-refractivity contribution in [2.45, 2.75) is 26.6 Å². The summed E-state index contributed by atoms with van der Waals surface area (Å²) in [6.07, 6.45) is 0. The molecule has 4 nitrogen and oxygen atoms in total. The second kappa shape index (κ2) is 9.97. The lowest BCUT2D eigenvalue weighted by Gasteiger charge is -2.13. The van der Waals surface area contributed by atoms with Crippen LogP contribution in [0.15, 0.2) is 41.4 Å². The number of nitrogens with one attached hydrogen (secondary N) is 2. The first-order valence-corrected chi connectivity index (χ1v) is 8.77. The zero-order valence-corrected chi connectivity index (χ0v) is 15.8. The third-order valence-corrected chi connectivity index (χ3v) is 3.81. The van der Waals surface area contributed by atoms with E-state index >= 15 is 0 Å². The van der Waals surface area contributed by atoms with Gasteiger partial charge in [-0.1, -0.05) is 6.07 Å². The van der Waals surface area contributed by atoms with Crippen LogP contribution in [0.25, 0.3) is 0 Å². The first-order chi connectivity index (χ1) is 12.9. The van der Waals surface area contributed by atoms with E-state index in [1.54, 1.807) is 12.1 Å². The molecule has 0 aromatic heterocycles. The van der Waals surface area contributed by atoms with Crippen molar-refractivity contribution >= 4 is 5.96 Å². The van der Waals surface area contributed by atoms with E-state index in [1.807, 2.05) is 25.9 Å². The zero-order chi connectivity index (χ0) is 19.8. The number of hydrogen-bond donors (Lipinski definition) is 2. The van der Waals surface area contributed by atoms with Gasteiger partial charge in [0.05, 0.1) is 6.54 Å². The number of aliphatic imine (C=N–C) groups is 1. The summed E-state index contributed by atoms with van der Waals surface area (Å²) >= 11 is 0. The van der Waals surface area contributed by atoms with Crippen LogP contribution in [0.4, 0.5) is 13.2 Å². The van der Waals surface area contributed by atoms with Gasteiger partial charge in [0.1, 0.15) is 17.5 Å². The second-order valence-corrected chi connectivity index (χ2v) is 6.45. The minimum absolute atomic E-state index is 0.102. The maximum atomic E-state index is 13.9. The van der Waals surface area contributed by atoms with Crippen LogP contribution in [0, 0.1) is 17.5 Å². The largest absolute Gasteiger partial charge is 0.357 e. The molecule has 0 saturated carbocycles. The van der Waals surface area contributed by atoms with Crippen LogP contribution in [0.2, 0.25) is 0 Å². The van der Waals surface area contributed by atoms with Gasteiger partial charge in [0.2, 0.25) is 0 Å². The van der Waals surface area contributed by atoms with E-state index in [0.717, 1.165) is 23.8 Å². The molecule has 146 valence electrons. The maximum Gasteiger partial charge on any atom is 0.191 e. The van der Waals surface area contributed by atoms with E-state index in [-0.39, 0.29) is 17.9 Å². The molecule has 2 aromatic rings. The Balaban J connectivity index is 2.07.